The van der Waals surface area contributed by atoms with Crippen molar-refractivity contribution in [1.82, 2.24) is 4.90 Å². The Morgan fingerprint density at radius 2 is 1.95 bits per heavy atom. The number of rotatable bonds is 7. The largest absolute Gasteiger partial charge is 0.481 e. The SMILES string of the molecule is Cc1cc(C(=O)N(CCC(=O)O)CC(C)C)cc([N+](=O)[O-])c1. The van der Waals surface area contributed by atoms with Gasteiger partial charge in [-0.1, -0.05) is 13.8 Å². The third kappa shape index (κ3) is 5.16. The first-order chi connectivity index (χ1) is 10.2. The van der Waals surface area contributed by atoms with Crippen LogP contribution in [0, 0.1) is 23.0 Å². The van der Waals surface area contributed by atoms with E-state index in [0.29, 0.717) is 12.1 Å². The summed E-state index contributed by atoms with van der Waals surface area (Å²) < 4.78 is 0. The molecule has 0 heterocycles. The first-order valence-corrected chi connectivity index (χ1v) is 6.98. The lowest BCUT2D eigenvalue weighted by atomic mass is 10.1. The number of nitro benzene ring substituents is 1. The molecule has 0 spiro atoms. The van der Waals surface area contributed by atoms with Gasteiger partial charge in [0.1, 0.15) is 0 Å². The number of non-ortho nitro benzene ring substituents is 1. The van der Waals surface area contributed by atoms with Crippen LogP contribution in [0.5, 0.6) is 0 Å². The average molecular weight is 308 g/mol. The minimum absolute atomic E-state index is 0.0775. The summed E-state index contributed by atoms with van der Waals surface area (Å²) in [6, 6.07) is 4.19. The summed E-state index contributed by atoms with van der Waals surface area (Å²) in [7, 11) is 0. The molecule has 0 aliphatic heterocycles. The van der Waals surface area contributed by atoms with Crippen molar-refractivity contribution in [3.63, 3.8) is 0 Å². The van der Waals surface area contributed by atoms with Crippen LogP contribution in [-0.2, 0) is 4.79 Å². The van der Waals surface area contributed by atoms with E-state index in [4.69, 9.17) is 5.11 Å². The van der Waals surface area contributed by atoms with E-state index in [1.54, 1.807) is 13.0 Å². The molecule has 1 amide bonds. The maximum Gasteiger partial charge on any atom is 0.305 e. The predicted octanol–water partition coefficient (Wildman–Crippen LogP) is 2.48. The molecule has 1 aromatic rings. The fraction of sp³-hybridized carbons (Fsp3) is 0.467. The van der Waals surface area contributed by atoms with Crippen molar-refractivity contribution in [2.75, 3.05) is 13.1 Å². The van der Waals surface area contributed by atoms with Gasteiger partial charge in [-0.3, -0.25) is 19.7 Å². The van der Waals surface area contributed by atoms with Gasteiger partial charge in [-0.25, -0.2) is 0 Å². The van der Waals surface area contributed by atoms with Gasteiger partial charge in [0.2, 0.25) is 0 Å². The van der Waals surface area contributed by atoms with Gasteiger partial charge >= 0.3 is 5.97 Å². The van der Waals surface area contributed by atoms with Gasteiger partial charge in [-0.15, -0.1) is 0 Å². The quantitative estimate of drug-likeness (QED) is 0.616. The molecule has 0 fully saturated rings. The molecule has 120 valence electrons. The normalized spacial score (nSPS) is 10.5. The second-order valence-electron chi connectivity index (χ2n) is 5.60. The first kappa shape index (κ1) is 17.6. The number of benzene rings is 1. The zero-order valence-electron chi connectivity index (χ0n) is 12.9. The van der Waals surface area contributed by atoms with E-state index in [0.717, 1.165) is 0 Å². The van der Waals surface area contributed by atoms with Crippen LogP contribution >= 0.6 is 0 Å². The van der Waals surface area contributed by atoms with Crippen LogP contribution in [0.4, 0.5) is 5.69 Å². The van der Waals surface area contributed by atoms with Gasteiger partial charge < -0.3 is 10.0 Å². The van der Waals surface area contributed by atoms with Crippen molar-refractivity contribution >= 4 is 17.6 Å². The van der Waals surface area contributed by atoms with Crippen LogP contribution in [0.3, 0.4) is 0 Å². The number of carboxylic acid groups (broad SMARTS) is 1. The zero-order chi connectivity index (χ0) is 16.9. The lowest BCUT2D eigenvalue weighted by Gasteiger charge is -2.24. The Hall–Kier alpha value is -2.44. The van der Waals surface area contributed by atoms with Crippen molar-refractivity contribution in [2.24, 2.45) is 5.92 Å². The number of amides is 1. The number of carboxylic acids is 1. The molecule has 7 heteroatoms. The molecule has 22 heavy (non-hydrogen) atoms. The Kier molecular flexibility index (Phi) is 6.03. The molecule has 0 aliphatic rings. The lowest BCUT2D eigenvalue weighted by molar-refractivity contribution is -0.384. The smallest absolute Gasteiger partial charge is 0.305 e. The van der Waals surface area contributed by atoms with E-state index in [2.05, 4.69) is 0 Å². The molecule has 0 bridgehead atoms. The molecular formula is C15H20N2O5. The van der Waals surface area contributed by atoms with Crippen molar-refractivity contribution in [3.8, 4) is 0 Å². The van der Waals surface area contributed by atoms with Crippen LogP contribution < -0.4 is 0 Å². The first-order valence-electron chi connectivity index (χ1n) is 6.98. The van der Waals surface area contributed by atoms with Gasteiger partial charge in [0.15, 0.2) is 0 Å². The van der Waals surface area contributed by atoms with E-state index in [-0.39, 0.29) is 36.0 Å². The molecule has 1 N–H and O–H groups in total. The Labute approximate surface area is 128 Å². The van der Waals surface area contributed by atoms with Crippen molar-refractivity contribution in [1.29, 1.82) is 0 Å². The minimum atomic E-state index is -0.989. The third-order valence-electron chi connectivity index (χ3n) is 2.99. The summed E-state index contributed by atoms with van der Waals surface area (Å²) in [5.74, 6) is -1.21. The van der Waals surface area contributed by atoms with E-state index >= 15 is 0 Å². The maximum atomic E-state index is 12.5. The molecule has 0 atom stereocenters. The summed E-state index contributed by atoms with van der Waals surface area (Å²) in [4.78, 5) is 35.0. The summed E-state index contributed by atoms with van der Waals surface area (Å²) in [6.45, 7) is 5.98. The maximum absolute atomic E-state index is 12.5. The summed E-state index contributed by atoms with van der Waals surface area (Å²) in [5, 5.41) is 19.7. The average Bonchev–Trinajstić information content (AvgIpc) is 2.41. The standard InChI is InChI=1S/C15H20N2O5/c1-10(2)9-16(5-4-14(18)19)15(20)12-6-11(3)7-13(8-12)17(21)22/h6-8,10H,4-5,9H2,1-3H3,(H,18,19). The number of hydrogen-bond acceptors (Lipinski definition) is 4. The molecule has 0 aliphatic carbocycles. The van der Waals surface area contributed by atoms with E-state index in [1.165, 1.54) is 17.0 Å². The molecule has 0 unspecified atom stereocenters. The number of aliphatic carboxylic acids is 1. The predicted molar refractivity (Wildman–Crippen MR) is 80.8 cm³/mol. The second-order valence-corrected chi connectivity index (χ2v) is 5.60. The molecule has 0 saturated heterocycles. The number of aryl methyl sites for hydroxylation is 1. The number of carbonyl (C=O) groups excluding carboxylic acids is 1. The van der Waals surface area contributed by atoms with Gasteiger partial charge in [0.05, 0.1) is 11.3 Å². The van der Waals surface area contributed by atoms with Crippen molar-refractivity contribution in [3.05, 3.63) is 39.4 Å². The van der Waals surface area contributed by atoms with Crippen LogP contribution in [0.1, 0.15) is 36.2 Å². The van der Waals surface area contributed by atoms with E-state index < -0.39 is 10.9 Å². The fourth-order valence-corrected chi connectivity index (χ4v) is 2.12. The Morgan fingerprint density at radius 1 is 1.32 bits per heavy atom. The lowest BCUT2D eigenvalue weighted by Crippen LogP contribution is -2.36. The fourth-order valence-electron chi connectivity index (χ4n) is 2.12. The minimum Gasteiger partial charge on any atom is -0.481 e. The monoisotopic (exact) mass is 308 g/mol. The highest BCUT2D eigenvalue weighted by Crippen LogP contribution is 2.19. The van der Waals surface area contributed by atoms with E-state index in [9.17, 15) is 19.7 Å². The van der Waals surface area contributed by atoms with Gasteiger partial charge in [0.25, 0.3) is 11.6 Å². The number of nitro groups is 1. The van der Waals surface area contributed by atoms with Gasteiger partial charge in [0, 0.05) is 30.8 Å². The zero-order valence-corrected chi connectivity index (χ0v) is 12.9. The van der Waals surface area contributed by atoms with Gasteiger partial charge in [-0.05, 0) is 24.5 Å². The second kappa shape index (κ2) is 7.53. The van der Waals surface area contributed by atoms with Crippen molar-refractivity contribution < 1.29 is 19.6 Å². The highest BCUT2D eigenvalue weighted by atomic mass is 16.6. The van der Waals surface area contributed by atoms with Crippen LogP contribution in [0.2, 0.25) is 0 Å². The van der Waals surface area contributed by atoms with Crippen LogP contribution in [-0.4, -0.2) is 39.9 Å². The van der Waals surface area contributed by atoms with Crippen LogP contribution in [0.25, 0.3) is 0 Å². The summed E-state index contributed by atoms with van der Waals surface area (Å²) in [5.41, 5.74) is 0.670. The molecule has 7 nitrogen and oxygen atoms in total. The van der Waals surface area contributed by atoms with Crippen molar-refractivity contribution in [2.45, 2.75) is 27.2 Å². The molecule has 0 radical (unpaired) electrons. The topological polar surface area (TPSA) is 101 Å². The Morgan fingerprint density at radius 3 is 2.45 bits per heavy atom. The molecule has 1 rings (SSSR count). The van der Waals surface area contributed by atoms with Gasteiger partial charge in [-0.2, -0.15) is 0 Å². The molecular weight excluding hydrogens is 288 g/mol. The summed E-state index contributed by atoms with van der Waals surface area (Å²) >= 11 is 0. The van der Waals surface area contributed by atoms with E-state index in [1.807, 2.05) is 13.8 Å². The Bertz CT molecular complexity index is 583. The number of carbonyl (C=O) groups is 2. The highest BCUT2D eigenvalue weighted by molar-refractivity contribution is 5.95. The number of nitrogens with zero attached hydrogens (tertiary/aromatic N) is 2. The summed E-state index contributed by atoms with van der Waals surface area (Å²) in [6.07, 6.45) is -0.160. The highest BCUT2D eigenvalue weighted by Gasteiger charge is 2.20. The molecule has 0 saturated carbocycles. The third-order valence-corrected chi connectivity index (χ3v) is 2.99. The Balaban J connectivity index is 3.06. The van der Waals surface area contributed by atoms with Crippen LogP contribution in [0.15, 0.2) is 18.2 Å². The number of hydrogen-bond donors (Lipinski definition) is 1. The molecule has 1 aromatic carbocycles. The molecule has 0 aromatic heterocycles.